The average molecular weight is 272 g/mol. The monoisotopic (exact) mass is 272 g/mol. The molecule has 1 aromatic rings. The van der Waals surface area contributed by atoms with Gasteiger partial charge < -0.3 is 14.6 Å². The van der Waals surface area contributed by atoms with Crippen molar-refractivity contribution in [3.05, 3.63) is 23.8 Å². The number of hydrogen-bond donors (Lipinski definition) is 1. The van der Waals surface area contributed by atoms with Crippen LogP contribution in [-0.2, 0) is 10.7 Å². The van der Waals surface area contributed by atoms with Gasteiger partial charge in [0, 0.05) is 18.4 Å². The molecule has 1 aliphatic heterocycles. The van der Waals surface area contributed by atoms with Crippen molar-refractivity contribution < 1.29 is 28.2 Å². The molecule has 0 aromatic heterocycles. The quantitative estimate of drug-likeness (QED) is 0.915. The van der Waals surface area contributed by atoms with Crippen molar-refractivity contribution in [1.82, 2.24) is 0 Å². The highest BCUT2D eigenvalue weighted by atomic mass is 19.3. The first-order valence-corrected chi connectivity index (χ1v) is 5.99. The van der Waals surface area contributed by atoms with Crippen molar-refractivity contribution in [2.24, 2.45) is 0 Å². The highest BCUT2D eigenvalue weighted by Gasteiger charge is 2.33. The molecule has 6 heteroatoms. The zero-order valence-electron chi connectivity index (χ0n) is 10.2. The van der Waals surface area contributed by atoms with Crippen LogP contribution in [0.1, 0.15) is 24.8 Å². The molecular weight excluding hydrogens is 258 g/mol. The minimum Gasteiger partial charge on any atom is -0.490 e. The van der Waals surface area contributed by atoms with Crippen molar-refractivity contribution in [2.45, 2.75) is 25.2 Å². The first-order valence-electron chi connectivity index (χ1n) is 5.99. The van der Waals surface area contributed by atoms with Crippen LogP contribution < -0.4 is 9.47 Å². The topological polar surface area (TPSA) is 55.8 Å². The normalized spacial score (nSPS) is 14.8. The molecule has 19 heavy (non-hydrogen) atoms. The summed E-state index contributed by atoms with van der Waals surface area (Å²) in [7, 11) is 0. The van der Waals surface area contributed by atoms with E-state index in [1.165, 1.54) is 18.2 Å². The number of alkyl halides is 2. The fraction of sp³-hybridized carbons (Fsp3) is 0.462. The van der Waals surface area contributed by atoms with Gasteiger partial charge in [-0.25, -0.2) is 8.78 Å². The maximum absolute atomic E-state index is 13.8. The lowest BCUT2D eigenvalue weighted by atomic mass is 10.0. The molecule has 0 aliphatic carbocycles. The van der Waals surface area contributed by atoms with Crippen LogP contribution in [0.2, 0.25) is 0 Å². The summed E-state index contributed by atoms with van der Waals surface area (Å²) in [6.45, 7) is 0.902. The van der Waals surface area contributed by atoms with Crippen LogP contribution in [0.5, 0.6) is 11.5 Å². The zero-order chi connectivity index (χ0) is 13.9. The van der Waals surface area contributed by atoms with Gasteiger partial charge >= 0.3 is 5.97 Å². The molecule has 2 rings (SSSR count). The average Bonchev–Trinajstić information content (AvgIpc) is 2.60. The third-order valence-electron chi connectivity index (χ3n) is 2.82. The number of ether oxygens (including phenoxy) is 2. The molecule has 0 radical (unpaired) electrons. The van der Waals surface area contributed by atoms with Crippen LogP contribution in [0.15, 0.2) is 18.2 Å². The van der Waals surface area contributed by atoms with E-state index in [0.717, 1.165) is 0 Å². The van der Waals surface area contributed by atoms with Crippen LogP contribution in [-0.4, -0.2) is 24.3 Å². The summed E-state index contributed by atoms with van der Waals surface area (Å²) in [4.78, 5) is 10.4. The Labute approximate surface area is 108 Å². The molecule has 104 valence electrons. The standard InChI is InChI=1S/C13H14F2O4/c14-13(15,5-4-12(16)17)9-2-3-10-11(8-9)19-7-1-6-18-10/h2-3,8H,1,4-7H2,(H,16,17). The molecule has 0 fully saturated rings. The zero-order valence-corrected chi connectivity index (χ0v) is 10.2. The third kappa shape index (κ3) is 3.33. The molecule has 0 unspecified atom stereocenters. The number of hydrogen-bond acceptors (Lipinski definition) is 3. The van der Waals surface area contributed by atoms with Crippen LogP contribution in [0.4, 0.5) is 8.78 Å². The fourth-order valence-corrected chi connectivity index (χ4v) is 1.80. The largest absolute Gasteiger partial charge is 0.490 e. The van der Waals surface area contributed by atoms with E-state index in [1.54, 1.807) is 0 Å². The minimum absolute atomic E-state index is 0.252. The van der Waals surface area contributed by atoms with E-state index < -0.39 is 24.7 Å². The van der Waals surface area contributed by atoms with Crippen molar-refractivity contribution in [3.63, 3.8) is 0 Å². The second-order valence-electron chi connectivity index (χ2n) is 4.31. The van der Waals surface area contributed by atoms with E-state index in [0.29, 0.717) is 25.4 Å². The first-order chi connectivity index (χ1) is 8.99. The molecule has 4 nitrogen and oxygen atoms in total. The summed E-state index contributed by atoms with van der Waals surface area (Å²) in [6, 6.07) is 3.91. The van der Waals surface area contributed by atoms with Gasteiger partial charge in [0.15, 0.2) is 11.5 Å². The van der Waals surface area contributed by atoms with Gasteiger partial charge in [-0.1, -0.05) is 0 Å². The van der Waals surface area contributed by atoms with Gasteiger partial charge in [-0.2, -0.15) is 0 Å². The summed E-state index contributed by atoms with van der Waals surface area (Å²) < 4.78 is 38.3. The number of benzene rings is 1. The molecule has 1 aliphatic rings. The number of carboxylic acid groups (broad SMARTS) is 1. The molecule has 0 atom stereocenters. The fourth-order valence-electron chi connectivity index (χ4n) is 1.80. The lowest BCUT2D eigenvalue weighted by Gasteiger charge is -2.17. The highest BCUT2D eigenvalue weighted by molar-refractivity contribution is 5.66. The Kier molecular flexibility index (Phi) is 3.87. The van der Waals surface area contributed by atoms with Gasteiger partial charge in [0.05, 0.1) is 19.6 Å². The number of fused-ring (bicyclic) bond motifs is 1. The molecular formula is C13H14F2O4. The van der Waals surface area contributed by atoms with Crippen LogP contribution in [0, 0.1) is 0 Å². The Balaban J connectivity index is 2.20. The van der Waals surface area contributed by atoms with Crippen molar-refractivity contribution in [2.75, 3.05) is 13.2 Å². The van der Waals surface area contributed by atoms with Gasteiger partial charge in [0.2, 0.25) is 0 Å². The molecule has 1 heterocycles. The lowest BCUT2D eigenvalue weighted by molar-refractivity contribution is -0.139. The van der Waals surface area contributed by atoms with Gasteiger partial charge in [-0.3, -0.25) is 4.79 Å². The Bertz CT molecular complexity index is 474. The summed E-state index contributed by atoms with van der Waals surface area (Å²) in [6.07, 6.45) is -0.622. The molecule has 0 saturated carbocycles. The smallest absolute Gasteiger partial charge is 0.303 e. The van der Waals surface area contributed by atoms with Gasteiger partial charge in [-0.05, 0) is 18.2 Å². The van der Waals surface area contributed by atoms with Crippen LogP contribution in [0.25, 0.3) is 0 Å². The lowest BCUT2D eigenvalue weighted by Crippen LogP contribution is -2.15. The van der Waals surface area contributed by atoms with Gasteiger partial charge in [0.1, 0.15) is 0 Å². The van der Waals surface area contributed by atoms with E-state index >= 15 is 0 Å². The third-order valence-corrected chi connectivity index (χ3v) is 2.82. The van der Waals surface area contributed by atoms with Gasteiger partial charge in [0.25, 0.3) is 5.92 Å². The summed E-state index contributed by atoms with van der Waals surface area (Å²) in [5.41, 5.74) is -0.252. The van der Waals surface area contributed by atoms with Crippen molar-refractivity contribution in [1.29, 1.82) is 0 Å². The Hall–Kier alpha value is -1.85. The Morgan fingerprint density at radius 1 is 1.26 bits per heavy atom. The van der Waals surface area contributed by atoms with E-state index in [2.05, 4.69) is 0 Å². The van der Waals surface area contributed by atoms with Crippen LogP contribution in [0.3, 0.4) is 0 Å². The van der Waals surface area contributed by atoms with E-state index in [1.807, 2.05) is 0 Å². The number of rotatable bonds is 4. The molecule has 0 bridgehead atoms. The predicted octanol–water partition coefficient (Wildman–Crippen LogP) is 2.80. The van der Waals surface area contributed by atoms with Gasteiger partial charge in [-0.15, -0.1) is 0 Å². The predicted molar refractivity (Wildman–Crippen MR) is 62.8 cm³/mol. The maximum Gasteiger partial charge on any atom is 0.303 e. The molecule has 1 N–H and O–H groups in total. The second-order valence-corrected chi connectivity index (χ2v) is 4.31. The Morgan fingerprint density at radius 2 is 1.95 bits per heavy atom. The second kappa shape index (κ2) is 5.42. The van der Waals surface area contributed by atoms with Crippen molar-refractivity contribution >= 4 is 5.97 Å². The molecule has 0 amide bonds. The summed E-state index contributed by atoms with van der Waals surface area (Å²) in [5, 5.41) is 8.47. The summed E-state index contributed by atoms with van der Waals surface area (Å²) >= 11 is 0. The van der Waals surface area contributed by atoms with E-state index in [4.69, 9.17) is 14.6 Å². The number of carboxylic acids is 1. The molecule has 0 saturated heterocycles. The van der Waals surface area contributed by atoms with E-state index in [9.17, 15) is 13.6 Å². The van der Waals surface area contributed by atoms with E-state index in [-0.39, 0.29) is 11.3 Å². The van der Waals surface area contributed by atoms with Crippen molar-refractivity contribution in [3.8, 4) is 11.5 Å². The SMILES string of the molecule is O=C(O)CCC(F)(F)c1ccc2c(c1)OCCCO2. The summed E-state index contributed by atoms with van der Waals surface area (Å²) in [5.74, 6) is -3.71. The Morgan fingerprint density at radius 3 is 2.63 bits per heavy atom. The van der Waals surface area contributed by atoms with Crippen LogP contribution >= 0.6 is 0 Å². The molecule has 1 aromatic carbocycles. The number of halogens is 2. The number of aliphatic carboxylic acids is 1. The first kappa shape index (κ1) is 13.6. The minimum atomic E-state index is -3.19. The maximum atomic E-state index is 13.8. The number of carbonyl (C=O) groups is 1. The highest BCUT2D eigenvalue weighted by Crippen LogP contribution is 2.38. The molecule has 0 spiro atoms.